The molecule has 3 rings (SSSR count). The predicted molar refractivity (Wildman–Crippen MR) is 88.3 cm³/mol. The van der Waals surface area contributed by atoms with E-state index in [2.05, 4.69) is 4.98 Å². The smallest absolute Gasteiger partial charge is 0.341 e. The fourth-order valence-electron chi connectivity index (χ4n) is 2.61. The molecule has 0 unspecified atom stereocenters. The topological polar surface area (TPSA) is 98.2 Å². The maximum absolute atomic E-state index is 14.3. The molecule has 140 valence electrons. The molecule has 6 nitrogen and oxygen atoms in total. The number of fused-ring (bicyclic) bond motifs is 1. The van der Waals surface area contributed by atoms with Gasteiger partial charge in [-0.3, -0.25) is 9.36 Å². The maximum atomic E-state index is 14.3. The Morgan fingerprint density at radius 2 is 1.85 bits per heavy atom. The van der Waals surface area contributed by atoms with Crippen LogP contribution in [-0.4, -0.2) is 20.6 Å². The van der Waals surface area contributed by atoms with Gasteiger partial charge in [0.15, 0.2) is 34.9 Å². The van der Waals surface area contributed by atoms with Gasteiger partial charge < -0.3 is 10.8 Å². The minimum atomic E-state index is -1.72. The summed E-state index contributed by atoms with van der Waals surface area (Å²) in [5.74, 6) is -8.72. The summed E-state index contributed by atoms with van der Waals surface area (Å²) in [5, 5.41) is 7.73. The largest absolute Gasteiger partial charge is 0.477 e. The van der Waals surface area contributed by atoms with Gasteiger partial charge in [0, 0.05) is 17.8 Å². The lowest BCUT2D eigenvalue weighted by molar-refractivity contribution is 0.0695. The Morgan fingerprint density at radius 3 is 2.44 bits per heavy atom. The van der Waals surface area contributed by atoms with Gasteiger partial charge in [-0.25, -0.2) is 27.3 Å². The number of hydrogen-bond donors (Lipinski definition) is 2. The molecule has 0 fully saturated rings. The number of nitrogen functional groups attached to an aromatic ring is 1. The number of halogens is 5. The van der Waals surface area contributed by atoms with E-state index >= 15 is 0 Å². The van der Waals surface area contributed by atoms with E-state index in [-0.39, 0.29) is 0 Å². The van der Waals surface area contributed by atoms with Crippen LogP contribution in [0.3, 0.4) is 0 Å². The third-order valence-electron chi connectivity index (χ3n) is 3.90. The summed E-state index contributed by atoms with van der Waals surface area (Å²) in [7, 11) is 0. The lowest BCUT2D eigenvalue weighted by Gasteiger charge is -2.16. The Kier molecular flexibility index (Phi) is 4.31. The van der Waals surface area contributed by atoms with E-state index in [1.165, 1.54) is 0 Å². The van der Waals surface area contributed by atoms with Crippen LogP contribution >= 0.6 is 11.6 Å². The quantitative estimate of drug-likeness (QED) is 0.507. The minimum absolute atomic E-state index is 0.364. The van der Waals surface area contributed by atoms with Crippen molar-refractivity contribution in [3.05, 3.63) is 61.9 Å². The Balaban J connectivity index is 2.65. The molecular formula is C16H8ClF4N3O3. The van der Waals surface area contributed by atoms with Gasteiger partial charge in [-0.05, 0) is 6.92 Å². The normalized spacial score (nSPS) is 11.2. The molecule has 2 aromatic heterocycles. The second-order valence-corrected chi connectivity index (χ2v) is 5.88. The number of anilines is 1. The highest BCUT2D eigenvalue weighted by molar-refractivity contribution is 6.35. The molecule has 0 aliphatic heterocycles. The number of hydrogen-bond acceptors (Lipinski definition) is 4. The van der Waals surface area contributed by atoms with Crippen LogP contribution in [0.25, 0.3) is 16.7 Å². The van der Waals surface area contributed by atoms with E-state index in [4.69, 9.17) is 17.3 Å². The summed E-state index contributed by atoms with van der Waals surface area (Å²) in [4.78, 5) is 27.3. The fraction of sp³-hybridized carbons (Fsp3) is 0.0625. The van der Waals surface area contributed by atoms with Crippen LogP contribution in [0.2, 0.25) is 5.02 Å². The van der Waals surface area contributed by atoms with Gasteiger partial charge in [0.05, 0.1) is 10.9 Å². The molecule has 0 amide bonds. The van der Waals surface area contributed by atoms with Gasteiger partial charge in [0.2, 0.25) is 5.43 Å². The fourth-order valence-corrected chi connectivity index (χ4v) is 2.88. The molecule has 0 radical (unpaired) electrons. The van der Waals surface area contributed by atoms with Crippen molar-refractivity contribution in [2.75, 3.05) is 5.73 Å². The number of carboxylic acid groups (broad SMARTS) is 1. The third-order valence-corrected chi connectivity index (χ3v) is 4.25. The zero-order valence-electron chi connectivity index (χ0n) is 13.3. The van der Waals surface area contributed by atoms with Gasteiger partial charge in [-0.2, -0.15) is 0 Å². The number of aromatic nitrogens is 2. The molecule has 0 atom stereocenters. The summed E-state index contributed by atoms with van der Waals surface area (Å²) < 4.78 is 56.5. The van der Waals surface area contributed by atoms with E-state index in [0.29, 0.717) is 16.8 Å². The molecule has 27 heavy (non-hydrogen) atoms. The molecule has 3 aromatic rings. The van der Waals surface area contributed by atoms with Crippen molar-refractivity contribution in [2.24, 2.45) is 0 Å². The molecule has 2 heterocycles. The molecule has 0 bridgehead atoms. The SMILES string of the molecule is Cc1c(F)c(F)c(Cl)c2c1c(=O)c(C(=O)O)cn2-c1nc(N)c(F)cc1F. The minimum Gasteiger partial charge on any atom is -0.477 e. The van der Waals surface area contributed by atoms with Crippen LogP contribution in [0, 0.1) is 30.2 Å². The van der Waals surface area contributed by atoms with E-state index in [1.807, 2.05) is 0 Å². The molecule has 0 spiro atoms. The van der Waals surface area contributed by atoms with E-state index in [9.17, 15) is 32.3 Å². The summed E-state index contributed by atoms with van der Waals surface area (Å²) in [6.45, 7) is 1.03. The highest BCUT2D eigenvalue weighted by atomic mass is 35.5. The van der Waals surface area contributed by atoms with Crippen LogP contribution in [0.1, 0.15) is 15.9 Å². The lowest BCUT2D eigenvalue weighted by Crippen LogP contribution is -2.21. The third kappa shape index (κ3) is 2.69. The van der Waals surface area contributed by atoms with Gasteiger partial charge in [-0.1, -0.05) is 11.6 Å². The number of carboxylic acids is 1. The van der Waals surface area contributed by atoms with Crippen molar-refractivity contribution in [1.29, 1.82) is 0 Å². The maximum Gasteiger partial charge on any atom is 0.341 e. The van der Waals surface area contributed by atoms with E-state index in [1.54, 1.807) is 0 Å². The number of nitrogens with two attached hydrogens (primary N) is 1. The van der Waals surface area contributed by atoms with Crippen molar-refractivity contribution in [2.45, 2.75) is 6.92 Å². The molecule has 3 N–H and O–H groups in total. The Labute approximate surface area is 152 Å². The van der Waals surface area contributed by atoms with Crippen molar-refractivity contribution >= 4 is 34.3 Å². The van der Waals surface area contributed by atoms with Crippen LogP contribution in [0.5, 0.6) is 0 Å². The van der Waals surface area contributed by atoms with E-state index in [0.717, 1.165) is 6.92 Å². The highest BCUT2D eigenvalue weighted by Crippen LogP contribution is 2.32. The van der Waals surface area contributed by atoms with Gasteiger partial charge >= 0.3 is 5.97 Å². The van der Waals surface area contributed by atoms with Crippen LogP contribution in [0.15, 0.2) is 17.1 Å². The average Bonchev–Trinajstić information content (AvgIpc) is 2.60. The summed E-state index contributed by atoms with van der Waals surface area (Å²) in [6, 6.07) is 0.364. The Bertz CT molecular complexity index is 1210. The monoisotopic (exact) mass is 401 g/mol. The average molecular weight is 402 g/mol. The number of pyridine rings is 2. The summed E-state index contributed by atoms with van der Waals surface area (Å²) in [6.07, 6.45) is 0.623. The molecule has 0 aliphatic carbocycles. The van der Waals surface area contributed by atoms with Gasteiger partial charge in [-0.15, -0.1) is 0 Å². The van der Waals surface area contributed by atoms with Gasteiger partial charge in [0.25, 0.3) is 0 Å². The summed E-state index contributed by atoms with van der Waals surface area (Å²) >= 11 is 5.81. The predicted octanol–water partition coefficient (Wildman–Crippen LogP) is 3.18. The second-order valence-electron chi connectivity index (χ2n) is 5.50. The van der Waals surface area contributed by atoms with Crippen LogP contribution in [-0.2, 0) is 0 Å². The van der Waals surface area contributed by atoms with Crippen LogP contribution < -0.4 is 11.2 Å². The van der Waals surface area contributed by atoms with Crippen molar-refractivity contribution in [3.63, 3.8) is 0 Å². The second kappa shape index (κ2) is 6.23. The first-order valence-corrected chi connectivity index (χ1v) is 7.51. The van der Waals surface area contributed by atoms with E-state index < -0.39 is 73.4 Å². The summed E-state index contributed by atoms with van der Waals surface area (Å²) in [5.41, 5.74) is 2.17. The molecular weight excluding hydrogens is 394 g/mol. The number of aromatic carboxylic acids is 1. The molecule has 0 aliphatic rings. The Morgan fingerprint density at radius 1 is 1.22 bits per heavy atom. The first-order chi connectivity index (χ1) is 12.6. The van der Waals surface area contributed by atoms with Gasteiger partial charge in [0.1, 0.15) is 10.6 Å². The molecule has 0 saturated heterocycles. The Hall–Kier alpha value is -3.14. The van der Waals surface area contributed by atoms with Crippen molar-refractivity contribution < 1.29 is 27.5 Å². The zero-order chi connectivity index (χ0) is 20.2. The van der Waals surface area contributed by atoms with Crippen molar-refractivity contribution in [3.8, 4) is 5.82 Å². The number of nitrogens with zero attached hydrogens (tertiary/aromatic N) is 2. The number of aryl methyl sites for hydroxylation is 1. The van der Waals surface area contributed by atoms with Crippen LogP contribution in [0.4, 0.5) is 23.4 Å². The molecule has 11 heteroatoms. The van der Waals surface area contributed by atoms with Crippen molar-refractivity contribution in [1.82, 2.24) is 9.55 Å². The lowest BCUT2D eigenvalue weighted by atomic mass is 10.0. The standard InChI is InChI=1S/C16H8ClF4N3O3/c1-4-8-12(9(17)11(21)10(4)20)24(3-5(13(8)25)16(26)27)15-7(19)2-6(18)14(22)23-15/h2-3H,1H3,(H2,22,23)(H,26,27). The number of rotatable bonds is 2. The first kappa shape index (κ1) is 18.6. The number of benzene rings is 1. The molecule has 0 saturated carbocycles. The highest BCUT2D eigenvalue weighted by Gasteiger charge is 2.26. The first-order valence-electron chi connectivity index (χ1n) is 7.13. The number of carbonyl (C=O) groups is 1. The zero-order valence-corrected chi connectivity index (χ0v) is 14.0. The molecule has 1 aromatic carbocycles.